The van der Waals surface area contributed by atoms with Crippen molar-refractivity contribution in [2.24, 2.45) is 22.7 Å². The zero-order chi connectivity index (χ0) is 14.0. The van der Waals surface area contributed by atoms with Gasteiger partial charge in [-0.15, -0.1) is 0 Å². The molecule has 3 unspecified atom stereocenters. The van der Waals surface area contributed by atoms with Crippen LogP contribution in [-0.2, 0) is 0 Å². The van der Waals surface area contributed by atoms with Crippen LogP contribution in [0.2, 0.25) is 0 Å². The fourth-order valence-corrected chi connectivity index (χ4v) is 2.94. The van der Waals surface area contributed by atoms with Crippen LogP contribution in [0.5, 0.6) is 0 Å². The second-order valence-electron chi connectivity index (χ2n) is 5.74. The predicted octanol–water partition coefficient (Wildman–Crippen LogP) is 2.65. The van der Waals surface area contributed by atoms with Crippen molar-refractivity contribution in [3.05, 3.63) is 29.8 Å². The first-order chi connectivity index (χ1) is 9.02. The van der Waals surface area contributed by atoms with Crippen LogP contribution < -0.4 is 10.6 Å². The number of nitrogens with two attached hydrogens (primary N) is 1. The number of hydrogen-bond donors (Lipinski definition) is 2. The summed E-state index contributed by atoms with van der Waals surface area (Å²) in [6.07, 6.45) is 1.29. The van der Waals surface area contributed by atoms with Crippen molar-refractivity contribution in [2.75, 3.05) is 11.4 Å². The Morgan fingerprint density at radius 2 is 1.89 bits per heavy atom. The Kier molecular flexibility index (Phi) is 3.98. The maximum Gasteiger partial charge on any atom is 0.170 e. The van der Waals surface area contributed by atoms with Crippen molar-refractivity contribution >= 4 is 11.5 Å². The van der Waals surface area contributed by atoms with Crippen molar-refractivity contribution in [1.82, 2.24) is 0 Å². The Morgan fingerprint density at radius 1 is 1.26 bits per heavy atom. The summed E-state index contributed by atoms with van der Waals surface area (Å²) in [6, 6.07) is 8.46. The third-order valence-corrected chi connectivity index (χ3v) is 4.20. The topological polar surface area (TPSA) is 61.8 Å². The van der Waals surface area contributed by atoms with Crippen molar-refractivity contribution in [3.8, 4) is 0 Å². The minimum Gasteiger partial charge on any atom is -0.409 e. The van der Waals surface area contributed by atoms with Gasteiger partial charge in [0.25, 0.3) is 0 Å². The molecule has 0 bridgehead atoms. The number of hydrogen-bond acceptors (Lipinski definition) is 3. The highest BCUT2D eigenvalue weighted by atomic mass is 16.4. The average molecular weight is 261 g/mol. The van der Waals surface area contributed by atoms with Gasteiger partial charge in [-0.3, -0.25) is 0 Å². The van der Waals surface area contributed by atoms with Gasteiger partial charge in [0.05, 0.1) is 0 Å². The maximum absolute atomic E-state index is 8.67. The monoisotopic (exact) mass is 261 g/mol. The summed E-state index contributed by atoms with van der Waals surface area (Å²) in [5.41, 5.74) is 7.54. The second kappa shape index (κ2) is 5.51. The van der Waals surface area contributed by atoms with E-state index in [-0.39, 0.29) is 5.84 Å². The number of anilines is 1. The minimum atomic E-state index is 0.153. The van der Waals surface area contributed by atoms with Gasteiger partial charge in [0.1, 0.15) is 0 Å². The van der Waals surface area contributed by atoms with Crippen LogP contribution in [0.15, 0.2) is 29.4 Å². The molecule has 0 aromatic heterocycles. The summed E-state index contributed by atoms with van der Waals surface area (Å²) < 4.78 is 0. The molecule has 1 heterocycles. The van der Waals surface area contributed by atoms with Crippen LogP contribution in [0.25, 0.3) is 0 Å². The third-order valence-electron chi connectivity index (χ3n) is 4.20. The molecule has 2 rings (SSSR count). The van der Waals surface area contributed by atoms with Gasteiger partial charge in [-0.2, -0.15) is 0 Å². The highest BCUT2D eigenvalue weighted by Gasteiger charge is 2.28. The molecule has 4 nitrogen and oxygen atoms in total. The van der Waals surface area contributed by atoms with E-state index >= 15 is 0 Å². The predicted molar refractivity (Wildman–Crippen MR) is 78.7 cm³/mol. The van der Waals surface area contributed by atoms with Crippen LogP contribution in [0.1, 0.15) is 32.8 Å². The molecule has 104 valence electrons. The van der Waals surface area contributed by atoms with E-state index in [9.17, 15) is 0 Å². The second-order valence-corrected chi connectivity index (χ2v) is 5.74. The number of benzene rings is 1. The van der Waals surface area contributed by atoms with E-state index in [1.54, 1.807) is 0 Å². The maximum atomic E-state index is 8.67. The fourth-order valence-electron chi connectivity index (χ4n) is 2.94. The highest BCUT2D eigenvalue weighted by Crippen LogP contribution is 2.31. The molecule has 1 aromatic carbocycles. The van der Waals surface area contributed by atoms with E-state index in [0.717, 1.165) is 18.0 Å². The van der Waals surface area contributed by atoms with Crippen molar-refractivity contribution in [2.45, 2.75) is 33.2 Å². The standard InChI is InChI=1S/C15H23N3O/c1-10-8-11(2)12(3)18(9-10)14-6-4-13(5-7-14)15(16)17-19/h4-7,10-12,19H,8-9H2,1-3H3,(H2,16,17). The molecule has 1 fully saturated rings. The lowest BCUT2D eigenvalue weighted by molar-refractivity contribution is 0.297. The molecule has 3 N–H and O–H groups in total. The lowest BCUT2D eigenvalue weighted by Gasteiger charge is -2.42. The molecule has 0 saturated carbocycles. The van der Waals surface area contributed by atoms with Gasteiger partial charge in [0.2, 0.25) is 0 Å². The van der Waals surface area contributed by atoms with E-state index in [1.165, 1.54) is 12.1 Å². The molecule has 19 heavy (non-hydrogen) atoms. The van der Waals surface area contributed by atoms with E-state index in [0.29, 0.717) is 12.0 Å². The largest absolute Gasteiger partial charge is 0.409 e. The molecular weight excluding hydrogens is 238 g/mol. The molecule has 0 radical (unpaired) electrons. The van der Waals surface area contributed by atoms with Gasteiger partial charge in [-0.25, -0.2) is 0 Å². The SMILES string of the molecule is CC1CC(C)C(C)N(c2ccc(/C(N)=N/O)cc2)C1. The van der Waals surface area contributed by atoms with E-state index in [2.05, 4.69) is 43.0 Å². The zero-order valence-corrected chi connectivity index (χ0v) is 11.9. The molecule has 0 aliphatic carbocycles. The Balaban J connectivity index is 2.21. The minimum absolute atomic E-state index is 0.153. The van der Waals surface area contributed by atoms with Crippen LogP contribution in [-0.4, -0.2) is 23.6 Å². The van der Waals surface area contributed by atoms with Crippen molar-refractivity contribution in [3.63, 3.8) is 0 Å². The lowest BCUT2D eigenvalue weighted by atomic mass is 9.85. The zero-order valence-electron chi connectivity index (χ0n) is 11.9. The van der Waals surface area contributed by atoms with Crippen LogP contribution in [0, 0.1) is 11.8 Å². The summed E-state index contributed by atoms with van der Waals surface area (Å²) >= 11 is 0. The summed E-state index contributed by atoms with van der Waals surface area (Å²) in [5.74, 6) is 1.57. The first-order valence-corrected chi connectivity index (χ1v) is 6.87. The first-order valence-electron chi connectivity index (χ1n) is 6.87. The smallest absolute Gasteiger partial charge is 0.170 e. The molecule has 1 aliphatic rings. The van der Waals surface area contributed by atoms with Gasteiger partial charge in [0.15, 0.2) is 5.84 Å². The fraction of sp³-hybridized carbons (Fsp3) is 0.533. The first kappa shape index (κ1) is 13.7. The molecule has 0 spiro atoms. The van der Waals surface area contributed by atoms with Gasteiger partial charge in [-0.05, 0) is 49.4 Å². The summed E-state index contributed by atoms with van der Waals surface area (Å²) in [5, 5.41) is 11.7. The van der Waals surface area contributed by atoms with E-state index in [1.807, 2.05) is 12.1 Å². The third kappa shape index (κ3) is 2.83. The molecule has 4 heteroatoms. The number of piperidine rings is 1. The Morgan fingerprint density at radius 3 is 2.47 bits per heavy atom. The molecule has 1 saturated heterocycles. The molecule has 1 aromatic rings. The number of oxime groups is 1. The van der Waals surface area contributed by atoms with Gasteiger partial charge >= 0.3 is 0 Å². The molecule has 0 amide bonds. The Labute approximate surface area is 114 Å². The highest BCUT2D eigenvalue weighted by molar-refractivity contribution is 5.97. The summed E-state index contributed by atoms with van der Waals surface area (Å²) in [6.45, 7) is 8.00. The van der Waals surface area contributed by atoms with Gasteiger partial charge in [0, 0.05) is 23.8 Å². The van der Waals surface area contributed by atoms with E-state index < -0.39 is 0 Å². The van der Waals surface area contributed by atoms with Crippen molar-refractivity contribution < 1.29 is 5.21 Å². The summed E-state index contributed by atoms with van der Waals surface area (Å²) in [4.78, 5) is 2.45. The number of rotatable bonds is 2. The van der Waals surface area contributed by atoms with Crippen molar-refractivity contribution in [1.29, 1.82) is 0 Å². The quantitative estimate of drug-likeness (QED) is 0.372. The average Bonchev–Trinajstić information content (AvgIpc) is 2.42. The summed E-state index contributed by atoms with van der Waals surface area (Å²) in [7, 11) is 0. The Bertz CT molecular complexity index is 455. The molecular formula is C15H23N3O. The van der Waals surface area contributed by atoms with Crippen LogP contribution in [0.3, 0.4) is 0 Å². The molecule has 3 atom stereocenters. The molecule has 1 aliphatic heterocycles. The lowest BCUT2D eigenvalue weighted by Crippen LogP contribution is -2.45. The van der Waals surface area contributed by atoms with Gasteiger partial charge < -0.3 is 15.8 Å². The normalized spacial score (nSPS) is 28.5. The van der Waals surface area contributed by atoms with E-state index in [4.69, 9.17) is 10.9 Å². The number of nitrogens with zero attached hydrogens (tertiary/aromatic N) is 2. The van der Waals surface area contributed by atoms with Crippen LogP contribution in [0.4, 0.5) is 5.69 Å². The van der Waals surface area contributed by atoms with Gasteiger partial charge in [-0.1, -0.05) is 19.0 Å². The van der Waals surface area contributed by atoms with Crippen LogP contribution >= 0.6 is 0 Å². The Hall–Kier alpha value is -1.71. The number of amidine groups is 1.